The molecule has 1 aliphatic carbocycles. The van der Waals surface area contributed by atoms with E-state index in [1.165, 1.54) is 51.0 Å². The minimum absolute atomic E-state index is 0.411. The molecule has 2 aliphatic rings. The molecule has 0 N–H and O–H groups in total. The van der Waals surface area contributed by atoms with Gasteiger partial charge in [-0.1, -0.05) is 6.07 Å². The van der Waals surface area contributed by atoms with Crippen LogP contribution in [0.4, 0.5) is 4.39 Å². The Labute approximate surface area is 165 Å². The van der Waals surface area contributed by atoms with Gasteiger partial charge < -0.3 is 9.47 Å². The van der Waals surface area contributed by atoms with Crippen molar-refractivity contribution in [3.8, 4) is 0 Å². The zero-order valence-corrected chi connectivity index (χ0v) is 16.6. The van der Waals surface area contributed by atoms with Gasteiger partial charge in [0.05, 0.1) is 5.52 Å². The van der Waals surface area contributed by atoms with E-state index < -0.39 is 6.67 Å². The van der Waals surface area contributed by atoms with Crippen LogP contribution in [0.5, 0.6) is 0 Å². The number of likely N-dealkylation sites (N-methyl/N-ethyl adjacent to an activating group) is 1. The third-order valence-electron chi connectivity index (χ3n) is 6.43. The summed E-state index contributed by atoms with van der Waals surface area (Å²) in [5, 5.41) is 1.21. The summed E-state index contributed by atoms with van der Waals surface area (Å²) in [4.78, 5) is 6.69. The number of alkyl halides is 1. The van der Waals surface area contributed by atoms with Crippen molar-refractivity contribution in [1.82, 2.24) is 14.5 Å². The van der Waals surface area contributed by atoms with Crippen molar-refractivity contribution in [2.24, 2.45) is 0 Å². The molecule has 0 atom stereocenters. The Balaban J connectivity index is 1.78. The van der Waals surface area contributed by atoms with Crippen molar-refractivity contribution in [1.29, 1.82) is 0 Å². The smallest absolute Gasteiger partial charge is 0.115 e. The molecule has 2 aromatic heterocycles. The highest BCUT2D eigenvalue weighted by Gasteiger charge is 2.25. The largest absolute Gasteiger partial charge is 0.317 e. The Morgan fingerprint density at radius 3 is 2.93 bits per heavy atom. The number of pyridine rings is 1. The fraction of sp³-hybridized carbons (Fsp3) is 0.375. The molecule has 28 heavy (non-hydrogen) atoms. The molecule has 3 heterocycles. The summed E-state index contributed by atoms with van der Waals surface area (Å²) >= 11 is 0. The number of hydrogen-bond acceptors (Lipinski definition) is 2. The number of fused-ring (bicyclic) bond motifs is 4. The number of allylic oxidation sites excluding steroid dienone is 2. The van der Waals surface area contributed by atoms with Gasteiger partial charge in [-0.05, 0) is 79.3 Å². The van der Waals surface area contributed by atoms with Crippen molar-refractivity contribution in [2.45, 2.75) is 45.8 Å². The quantitative estimate of drug-likeness (QED) is 0.612. The molecule has 1 aliphatic heterocycles. The standard InChI is InChI=1S/C24H26FN3/c1-16(19-5-3-4-18-14-26-10-8-20(18)19)28-23-7-6-17(13-25)12-21(23)22-15-27(2)11-9-24(22)28/h6-8,10,12,14H,3-5,9,11,13,15H2,1-2H3/b19-16+. The highest BCUT2D eigenvalue weighted by Crippen LogP contribution is 2.39. The van der Waals surface area contributed by atoms with Crippen LogP contribution in [0, 0.1) is 0 Å². The SMILES string of the molecule is C/C(=C1/CCCc2cnccc21)n1c2c(c3cc(CF)ccc31)CN(C)CC2. The molecule has 1 aromatic carbocycles. The maximum atomic E-state index is 13.4. The van der Waals surface area contributed by atoms with Gasteiger partial charge in [0, 0.05) is 48.7 Å². The molecule has 5 rings (SSSR count). The predicted octanol–water partition coefficient (Wildman–Crippen LogP) is 5.22. The lowest BCUT2D eigenvalue weighted by Gasteiger charge is -2.26. The fourth-order valence-electron chi connectivity index (χ4n) is 5.03. The lowest BCUT2D eigenvalue weighted by Crippen LogP contribution is -2.27. The number of benzene rings is 1. The second kappa shape index (κ2) is 6.85. The van der Waals surface area contributed by atoms with E-state index >= 15 is 0 Å². The molecule has 0 saturated carbocycles. The molecular weight excluding hydrogens is 349 g/mol. The summed E-state index contributed by atoms with van der Waals surface area (Å²) in [6, 6.07) is 8.27. The van der Waals surface area contributed by atoms with Gasteiger partial charge in [0.25, 0.3) is 0 Å². The molecule has 4 heteroatoms. The van der Waals surface area contributed by atoms with E-state index in [0.29, 0.717) is 0 Å². The minimum Gasteiger partial charge on any atom is -0.317 e. The minimum atomic E-state index is -0.411. The van der Waals surface area contributed by atoms with Gasteiger partial charge >= 0.3 is 0 Å². The number of rotatable bonds is 2. The highest BCUT2D eigenvalue weighted by molar-refractivity contribution is 5.94. The Morgan fingerprint density at radius 1 is 1.18 bits per heavy atom. The second-order valence-electron chi connectivity index (χ2n) is 8.18. The predicted molar refractivity (Wildman–Crippen MR) is 113 cm³/mol. The Hall–Kier alpha value is -2.46. The molecule has 0 spiro atoms. The number of aromatic nitrogens is 2. The molecule has 144 valence electrons. The number of aryl methyl sites for hydroxylation is 1. The van der Waals surface area contributed by atoms with E-state index in [9.17, 15) is 4.39 Å². The zero-order chi connectivity index (χ0) is 19.3. The monoisotopic (exact) mass is 375 g/mol. The molecule has 0 fully saturated rings. The lowest BCUT2D eigenvalue weighted by molar-refractivity contribution is 0.311. The van der Waals surface area contributed by atoms with Crippen LogP contribution in [0.2, 0.25) is 0 Å². The van der Waals surface area contributed by atoms with Crippen LogP contribution in [-0.2, 0) is 26.1 Å². The maximum Gasteiger partial charge on any atom is 0.115 e. The fourth-order valence-corrected chi connectivity index (χ4v) is 5.03. The average Bonchev–Trinajstić information content (AvgIpc) is 3.05. The van der Waals surface area contributed by atoms with Crippen molar-refractivity contribution >= 4 is 22.2 Å². The first-order chi connectivity index (χ1) is 13.7. The topological polar surface area (TPSA) is 21.1 Å². The third kappa shape index (κ3) is 2.70. The van der Waals surface area contributed by atoms with Crippen LogP contribution in [-0.4, -0.2) is 28.0 Å². The van der Waals surface area contributed by atoms with Crippen molar-refractivity contribution in [3.05, 3.63) is 64.6 Å². The molecule has 0 saturated heterocycles. The Kier molecular flexibility index (Phi) is 4.31. The molecule has 0 radical (unpaired) electrons. The van der Waals surface area contributed by atoms with E-state index in [-0.39, 0.29) is 0 Å². The van der Waals surface area contributed by atoms with E-state index in [1.807, 2.05) is 18.5 Å². The van der Waals surface area contributed by atoms with E-state index in [0.717, 1.165) is 37.9 Å². The van der Waals surface area contributed by atoms with Crippen LogP contribution in [0.25, 0.3) is 22.2 Å². The van der Waals surface area contributed by atoms with E-state index in [4.69, 9.17) is 0 Å². The third-order valence-corrected chi connectivity index (χ3v) is 6.43. The molecule has 3 nitrogen and oxygen atoms in total. The number of hydrogen-bond donors (Lipinski definition) is 0. The van der Waals surface area contributed by atoms with Gasteiger partial charge in [-0.3, -0.25) is 4.98 Å². The second-order valence-corrected chi connectivity index (χ2v) is 8.18. The van der Waals surface area contributed by atoms with Crippen molar-refractivity contribution < 1.29 is 4.39 Å². The Morgan fingerprint density at radius 2 is 2.07 bits per heavy atom. The normalized spacial score (nSPS) is 18.8. The molecule has 0 bridgehead atoms. The average molecular weight is 375 g/mol. The summed E-state index contributed by atoms with van der Waals surface area (Å²) in [5.74, 6) is 0. The van der Waals surface area contributed by atoms with E-state index in [1.54, 1.807) is 0 Å². The first kappa shape index (κ1) is 17.6. The Bertz CT molecular complexity index is 1090. The summed E-state index contributed by atoms with van der Waals surface area (Å²) in [7, 11) is 2.17. The van der Waals surface area contributed by atoms with Crippen LogP contribution in [0.15, 0.2) is 36.7 Å². The van der Waals surface area contributed by atoms with Crippen LogP contribution >= 0.6 is 0 Å². The summed E-state index contributed by atoms with van der Waals surface area (Å²) in [5.41, 5.74) is 10.2. The number of nitrogens with zero attached hydrogens (tertiary/aromatic N) is 3. The zero-order valence-electron chi connectivity index (χ0n) is 16.6. The molecule has 0 unspecified atom stereocenters. The van der Waals surface area contributed by atoms with Crippen LogP contribution < -0.4 is 0 Å². The summed E-state index contributed by atoms with van der Waals surface area (Å²) < 4.78 is 15.8. The van der Waals surface area contributed by atoms with Crippen molar-refractivity contribution in [2.75, 3.05) is 13.6 Å². The first-order valence-electron chi connectivity index (χ1n) is 10.2. The number of halogens is 1. The van der Waals surface area contributed by atoms with Gasteiger partial charge in [-0.25, -0.2) is 4.39 Å². The molecule has 3 aromatic rings. The van der Waals surface area contributed by atoms with Gasteiger partial charge in [0.1, 0.15) is 6.67 Å². The summed E-state index contributed by atoms with van der Waals surface area (Å²) in [6.07, 6.45) is 8.33. The van der Waals surface area contributed by atoms with Crippen molar-refractivity contribution in [3.63, 3.8) is 0 Å². The lowest BCUT2D eigenvalue weighted by atomic mass is 9.87. The first-order valence-corrected chi connectivity index (χ1v) is 10.2. The summed E-state index contributed by atoms with van der Waals surface area (Å²) in [6.45, 7) is 3.83. The molecular formula is C24H26FN3. The maximum absolute atomic E-state index is 13.4. The molecule has 0 amide bonds. The van der Waals surface area contributed by atoms with Gasteiger partial charge in [0.2, 0.25) is 0 Å². The van der Waals surface area contributed by atoms with Gasteiger partial charge in [-0.2, -0.15) is 0 Å². The van der Waals surface area contributed by atoms with Crippen LogP contribution in [0.3, 0.4) is 0 Å². The van der Waals surface area contributed by atoms with Gasteiger partial charge in [0.15, 0.2) is 0 Å². The highest BCUT2D eigenvalue weighted by atomic mass is 19.1. The van der Waals surface area contributed by atoms with Gasteiger partial charge in [-0.15, -0.1) is 0 Å². The van der Waals surface area contributed by atoms with E-state index in [2.05, 4.69) is 46.6 Å². The van der Waals surface area contributed by atoms with Crippen LogP contribution in [0.1, 0.15) is 47.7 Å².